The van der Waals surface area contributed by atoms with Gasteiger partial charge >= 0.3 is 6.01 Å². The lowest BCUT2D eigenvalue weighted by Crippen LogP contribution is -2.06. The van der Waals surface area contributed by atoms with Gasteiger partial charge in [0.05, 0.1) is 25.2 Å². The van der Waals surface area contributed by atoms with E-state index >= 15 is 0 Å². The highest BCUT2D eigenvalue weighted by Crippen LogP contribution is 2.39. The molecule has 28 heavy (non-hydrogen) atoms. The molecule has 0 radical (unpaired) electrons. The molecule has 0 bridgehead atoms. The van der Waals surface area contributed by atoms with Crippen LogP contribution in [-0.4, -0.2) is 39.9 Å². The van der Waals surface area contributed by atoms with E-state index < -0.39 is 0 Å². The van der Waals surface area contributed by atoms with Crippen molar-refractivity contribution in [2.45, 2.75) is 12.8 Å². The number of ether oxygens (including phenoxy) is 2. The number of halogens is 1. The fourth-order valence-electron chi connectivity index (χ4n) is 2.45. The van der Waals surface area contributed by atoms with Crippen LogP contribution in [-0.2, 0) is 0 Å². The number of pyridine rings is 1. The molecule has 0 N–H and O–H groups in total. The molecule has 8 nitrogen and oxygen atoms in total. The van der Waals surface area contributed by atoms with E-state index in [1.165, 1.54) is 25.6 Å². The topological polar surface area (TPSA) is 91.6 Å². The summed E-state index contributed by atoms with van der Waals surface area (Å²) in [5.74, 6) is 0.909. The predicted octanol–water partition coefficient (Wildman–Crippen LogP) is 3.86. The van der Waals surface area contributed by atoms with Gasteiger partial charge in [0.1, 0.15) is 15.9 Å². The van der Waals surface area contributed by atoms with Gasteiger partial charge in [-0.3, -0.25) is 4.98 Å². The highest BCUT2D eigenvalue weighted by Gasteiger charge is 2.33. The molecule has 0 unspecified atom stereocenters. The van der Waals surface area contributed by atoms with Gasteiger partial charge in [-0.25, -0.2) is 4.98 Å². The first-order valence-electron chi connectivity index (χ1n) is 8.47. The first kappa shape index (κ1) is 18.6. The van der Waals surface area contributed by atoms with Gasteiger partial charge in [0.2, 0.25) is 11.8 Å². The van der Waals surface area contributed by atoms with Crippen LogP contribution in [0.25, 0.3) is 10.6 Å². The zero-order chi connectivity index (χ0) is 19.5. The summed E-state index contributed by atoms with van der Waals surface area (Å²) in [5, 5.41) is 5.47. The lowest BCUT2D eigenvalue weighted by molar-refractivity contribution is 0.290. The number of hydrogen-bond acceptors (Lipinski definition) is 9. The molecule has 0 aliphatic heterocycles. The van der Waals surface area contributed by atoms with Crippen molar-refractivity contribution in [3.8, 4) is 28.3 Å². The Labute approximate surface area is 170 Å². The molecule has 3 heterocycles. The third-order valence-corrected chi connectivity index (χ3v) is 5.51. The summed E-state index contributed by atoms with van der Waals surface area (Å²) >= 11 is 7.87. The molecule has 1 fully saturated rings. The quantitative estimate of drug-likeness (QED) is 0.425. The van der Waals surface area contributed by atoms with Gasteiger partial charge in [-0.2, -0.15) is 9.97 Å². The van der Waals surface area contributed by atoms with E-state index in [-0.39, 0.29) is 11.9 Å². The van der Waals surface area contributed by atoms with Crippen molar-refractivity contribution in [1.29, 1.82) is 0 Å². The van der Waals surface area contributed by atoms with Crippen molar-refractivity contribution < 1.29 is 14.3 Å². The molecule has 0 spiro atoms. The molecule has 1 aliphatic rings. The van der Waals surface area contributed by atoms with Crippen LogP contribution < -0.4 is 14.3 Å². The second-order valence-corrected chi connectivity index (χ2v) is 7.32. The van der Waals surface area contributed by atoms with E-state index in [9.17, 15) is 0 Å². The predicted molar refractivity (Wildman–Crippen MR) is 105 cm³/mol. The first-order chi connectivity index (χ1) is 13.7. The molecular weight excluding hydrogens is 402 g/mol. The zero-order valence-electron chi connectivity index (χ0n) is 15.1. The molecule has 10 heteroatoms. The Morgan fingerprint density at radius 2 is 1.93 bits per heavy atom. The van der Waals surface area contributed by atoms with Crippen molar-refractivity contribution in [2.24, 2.45) is 11.1 Å². The Hall–Kier alpha value is -2.78. The third kappa shape index (κ3) is 4.05. The number of oxime groups is 1. The number of methoxy groups -OCH3 is 2. The highest BCUT2D eigenvalue weighted by molar-refractivity contribution is 7.17. The van der Waals surface area contributed by atoms with Crippen LogP contribution in [0.5, 0.6) is 17.8 Å². The van der Waals surface area contributed by atoms with E-state index in [0.29, 0.717) is 16.9 Å². The Morgan fingerprint density at radius 3 is 2.54 bits per heavy atom. The van der Waals surface area contributed by atoms with Gasteiger partial charge in [0.15, 0.2) is 0 Å². The van der Waals surface area contributed by atoms with Crippen molar-refractivity contribution >= 4 is 28.6 Å². The maximum Gasteiger partial charge on any atom is 0.352 e. The second kappa shape index (κ2) is 8.07. The molecule has 1 aliphatic carbocycles. The third-order valence-electron chi connectivity index (χ3n) is 3.99. The molecular formula is C18H16ClN5O3S. The van der Waals surface area contributed by atoms with Crippen LogP contribution >= 0.6 is 22.9 Å². The fourth-order valence-corrected chi connectivity index (χ4v) is 3.81. The van der Waals surface area contributed by atoms with Gasteiger partial charge < -0.3 is 14.3 Å². The van der Waals surface area contributed by atoms with Gasteiger partial charge in [0.25, 0.3) is 0 Å². The standard InChI is InChI=1S/C18H16ClN5O3S/c1-25-12-8-13(26-2)22-18(21-12)27-24-14(10-5-6-10)15-16(19)23-17(28-15)11-4-3-7-20-9-11/h3-4,7-10H,5-6H2,1-2H3/b24-14+. The minimum Gasteiger partial charge on any atom is -0.481 e. The molecule has 4 rings (SSSR count). The Morgan fingerprint density at radius 1 is 1.18 bits per heavy atom. The Balaban J connectivity index is 1.64. The maximum absolute atomic E-state index is 6.41. The number of hydrogen-bond donors (Lipinski definition) is 0. The summed E-state index contributed by atoms with van der Waals surface area (Å²) in [6, 6.07) is 5.38. The maximum atomic E-state index is 6.41. The summed E-state index contributed by atoms with van der Waals surface area (Å²) < 4.78 is 10.3. The van der Waals surface area contributed by atoms with Crippen LogP contribution in [0.3, 0.4) is 0 Å². The summed E-state index contributed by atoms with van der Waals surface area (Å²) in [6.45, 7) is 0. The van der Waals surface area contributed by atoms with Crippen molar-refractivity contribution in [2.75, 3.05) is 14.2 Å². The van der Waals surface area contributed by atoms with Crippen LogP contribution in [0, 0.1) is 5.92 Å². The smallest absolute Gasteiger partial charge is 0.352 e. The van der Waals surface area contributed by atoms with Crippen molar-refractivity contribution in [3.63, 3.8) is 0 Å². The van der Waals surface area contributed by atoms with Crippen LogP contribution in [0.1, 0.15) is 17.7 Å². The van der Waals surface area contributed by atoms with Gasteiger partial charge in [-0.05, 0) is 25.0 Å². The number of aromatic nitrogens is 4. The Bertz CT molecular complexity index is 985. The summed E-state index contributed by atoms with van der Waals surface area (Å²) in [7, 11) is 3.00. The summed E-state index contributed by atoms with van der Waals surface area (Å²) in [4.78, 5) is 23.1. The van der Waals surface area contributed by atoms with E-state index in [2.05, 4.69) is 25.1 Å². The molecule has 0 atom stereocenters. The van der Waals surface area contributed by atoms with Crippen LogP contribution in [0.4, 0.5) is 0 Å². The van der Waals surface area contributed by atoms with Gasteiger partial charge in [-0.15, -0.1) is 11.3 Å². The summed E-state index contributed by atoms with van der Waals surface area (Å²) in [6.07, 6.45) is 5.49. The van der Waals surface area contributed by atoms with E-state index in [4.69, 9.17) is 25.9 Å². The van der Waals surface area contributed by atoms with E-state index in [1.54, 1.807) is 18.5 Å². The molecule has 3 aromatic heterocycles. The number of rotatable bonds is 7. The normalized spacial score (nSPS) is 14.0. The molecule has 0 aromatic carbocycles. The fraction of sp³-hybridized carbons (Fsp3) is 0.278. The monoisotopic (exact) mass is 417 g/mol. The molecule has 0 amide bonds. The van der Waals surface area contributed by atoms with Crippen molar-refractivity contribution in [1.82, 2.24) is 19.9 Å². The van der Waals surface area contributed by atoms with Crippen LogP contribution in [0.2, 0.25) is 5.15 Å². The van der Waals surface area contributed by atoms with Crippen molar-refractivity contribution in [3.05, 3.63) is 40.6 Å². The van der Waals surface area contributed by atoms with Crippen LogP contribution in [0.15, 0.2) is 35.7 Å². The highest BCUT2D eigenvalue weighted by atomic mass is 35.5. The molecule has 0 saturated heterocycles. The second-order valence-electron chi connectivity index (χ2n) is 5.96. The zero-order valence-corrected chi connectivity index (χ0v) is 16.7. The Kier molecular flexibility index (Phi) is 5.36. The SMILES string of the molecule is COc1cc(OC)nc(O/N=C(/c2sc(-c3cccnc3)nc2Cl)C2CC2)n1. The average molecular weight is 418 g/mol. The van der Waals surface area contributed by atoms with Gasteiger partial charge in [-0.1, -0.05) is 16.8 Å². The minimum absolute atomic E-state index is 0.0301. The first-order valence-corrected chi connectivity index (χ1v) is 9.66. The summed E-state index contributed by atoms with van der Waals surface area (Å²) in [5.41, 5.74) is 1.64. The lowest BCUT2D eigenvalue weighted by atomic mass is 10.2. The average Bonchev–Trinajstić information content (AvgIpc) is 3.50. The number of nitrogens with zero attached hydrogens (tertiary/aromatic N) is 5. The number of thiazole rings is 1. The largest absolute Gasteiger partial charge is 0.481 e. The molecule has 144 valence electrons. The minimum atomic E-state index is 0.0301. The van der Waals surface area contributed by atoms with E-state index in [0.717, 1.165) is 34.0 Å². The lowest BCUT2D eigenvalue weighted by Gasteiger charge is -2.05. The molecule has 1 saturated carbocycles. The molecule has 3 aromatic rings. The van der Waals surface area contributed by atoms with Gasteiger partial charge in [0, 0.05) is 23.9 Å². The van der Waals surface area contributed by atoms with E-state index in [1.807, 2.05) is 12.1 Å².